The average Bonchev–Trinajstić information content (AvgIpc) is 1.59. The smallest absolute Gasteiger partial charge is 0.114 e. The summed E-state index contributed by atoms with van der Waals surface area (Å²) in [5.41, 5.74) is 31.3. The molecule has 0 radical (unpaired) electrons. The molecule has 7 heteroatoms. The molecule has 0 atom stereocenters. The molecule has 0 saturated heterocycles. The summed E-state index contributed by atoms with van der Waals surface area (Å²) in [6.45, 7) is 0. The van der Waals surface area contributed by atoms with E-state index in [0.717, 1.165) is 0 Å². The predicted octanol–water partition coefficient (Wildman–Crippen LogP) is -4.11. The van der Waals surface area contributed by atoms with Gasteiger partial charge in [0.05, 0.1) is 0 Å². The van der Waals surface area contributed by atoms with Crippen LogP contribution >= 0.6 is 0 Å². The molecule has 62 valence electrons. The van der Waals surface area contributed by atoms with E-state index in [1.165, 1.54) is 4.90 Å². The molecule has 0 rings (SSSR count). The first-order valence-corrected chi connectivity index (χ1v) is 2.77. The number of hydrogen-bond acceptors (Lipinski definition) is 7. The molecule has 0 amide bonds. The van der Waals surface area contributed by atoms with Crippen LogP contribution in [0.5, 0.6) is 0 Å². The minimum Gasteiger partial charge on any atom is -0.303 e. The van der Waals surface area contributed by atoms with Crippen molar-refractivity contribution < 1.29 is 0 Å². The maximum absolute atomic E-state index is 5.22. The lowest BCUT2D eigenvalue weighted by molar-refractivity contribution is 0.0935. The molecule has 0 fully saturated rings. The molecule has 10 heavy (non-hydrogen) atoms. The van der Waals surface area contributed by atoms with Gasteiger partial charge in [0.1, 0.15) is 18.9 Å². The second-order valence-corrected chi connectivity index (χ2v) is 1.92. The van der Waals surface area contributed by atoms with Crippen LogP contribution in [0.25, 0.3) is 0 Å². The van der Waals surface area contributed by atoms with Crippen molar-refractivity contribution in [2.75, 3.05) is 0 Å². The molecule has 0 heterocycles. The molecule has 0 aliphatic rings. The SMILES string of the molecule is NC(N)N(C(N)N)C(N)N. The summed E-state index contributed by atoms with van der Waals surface area (Å²) in [4.78, 5) is 1.17. The van der Waals surface area contributed by atoms with Crippen LogP contribution in [0.15, 0.2) is 0 Å². The zero-order valence-electron chi connectivity index (χ0n) is 5.64. The monoisotopic (exact) mass is 149 g/mol. The summed E-state index contributed by atoms with van der Waals surface area (Å²) in [6.07, 6.45) is -2.50. The lowest BCUT2D eigenvalue weighted by Crippen LogP contribution is -2.68. The van der Waals surface area contributed by atoms with Crippen LogP contribution in [0.2, 0.25) is 0 Å². The van der Waals surface area contributed by atoms with E-state index in [-0.39, 0.29) is 0 Å². The average molecular weight is 149 g/mol. The van der Waals surface area contributed by atoms with E-state index in [1.54, 1.807) is 0 Å². The molecule has 0 aliphatic heterocycles. The van der Waals surface area contributed by atoms with Crippen LogP contribution in [-0.2, 0) is 0 Å². The fourth-order valence-corrected chi connectivity index (χ4v) is 0.596. The summed E-state index contributed by atoms with van der Waals surface area (Å²) in [6, 6.07) is 0. The standard InChI is InChI=1S/C3H15N7/c4-1(5)10(2(6)7)3(8)9/h1-3H,4-9H2. The molecular weight excluding hydrogens is 134 g/mol. The van der Waals surface area contributed by atoms with Crippen molar-refractivity contribution in [2.24, 2.45) is 34.4 Å². The molecular formula is C3H15N7. The minimum absolute atomic E-state index is 0.833. The Morgan fingerprint density at radius 2 is 0.800 bits per heavy atom. The predicted molar refractivity (Wildman–Crippen MR) is 38.3 cm³/mol. The van der Waals surface area contributed by atoms with Crippen molar-refractivity contribution in [2.45, 2.75) is 18.9 Å². The zero-order valence-corrected chi connectivity index (χ0v) is 5.64. The van der Waals surface area contributed by atoms with Gasteiger partial charge in [0.2, 0.25) is 0 Å². The summed E-state index contributed by atoms with van der Waals surface area (Å²) in [7, 11) is 0. The largest absolute Gasteiger partial charge is 0.303 e. The highest BCUT2D eigenvalue weighted by atomic mass is 15.5. The summed E-state index contributed by atoms with van der Waals surface area (Å²) < 4.78 is 0. The minimum atomic E-state index is -0.833. The number of nitrogens with zero attached hydrogens (tertiary/aromatic N) is 1. The van der Waals surface area contributed by atoms with Gasteiger partial charge < -0.3 is 34.4 Å². The summed E-state index contributed by atoms with van der Waals surface area (Å²) in [5, 5.41) is 0. The van der Waals surface area contributed by atoms with Crippen LogP contribution in [0.4, 0.5) is 0 Å². The lowest BCUT2D eigenvalue weighted by atomic mass is 10.6. The van der Waals surface area contributed by atoms with Gasteiger partial charge in [-0.1, -0.05) is 0 Å². The van der Waals surface area contributed by atoms with Gasteiger partial charge in [-0.15, -0.1) is 0 Å². The fourth-order valence-electron chi connectivity index (χ4n) is 0.596. The van der Waals surface area contributed by atoms with E-state index in [4.69, 9.17) is 34.4 Å². The molecule has 0 aromatic carbocycles. The lowest BCUT2D eigenvalue weighted by Gasteiger charge is -2.31. The maximum atomic E-state index is 5.22. The highest BCUT2D eigenvalue weighted by Crippen LogP contribution is 1.87. The molecule has 0 saturated carbocycles. The van der Waals surface area contributed by atoms with E-state index in [1.807, 2.05) is 0 Å². The third kappa shape index (κ3) is 2.54. The quantitative estimate of drug-likeness (QED) is 0.222. The van der Waals surface area contributed by atoms with Crippen molar-refractivity contribution in [1.29, 1.82) is 0 Å². The normalized spacial score (nSPS) is 12.6. The van der Waals surface area contributed by atoms with E-state index in [2.05, 4.69) is 0 Å². The van der Waals surface area contributed by atoms with Gasteiger partial charge >= 0.3 is 0 Å². The second kappa shape index (κ2) is 3.78. The Hall–Kier alpha value is -0.280. The molecule has 0 aromatic heterocycles. The van der Waals surface area contributed by atoms with Crippen molar-refractivity contribution in [3.63, 3.8) is 0 Å². The van der Waals surface area contributed by atoms with Crippen molar-refractivity contribution in [3.05, 3.63) is 0 Å². The van der Waals surface area contributed by atoms with Crippen LogP contribution in [-0.4, -0.2) is 23.8 Å². The van der Waals surface area contributed by atoms with Gasteiger partial charge in [0.15, 0.2) is 0 Å². The topological polar surface area (TPSA) is 159 Å². The molecule has 0 aliphatic carbocycles. The molecule has 0 unspecified atom stereocenters. The van der Waals surface area contributed by atoms with Crippen LogP contribution in [0.3, 0.4) is 0 Å². The second-order valence-electron chi connectivity index (χ2n) is 1.92. The van der Waals surface area contributed by atoms with E-state index in [9.17, 15) is 0 Å². The Kier molecular flexibility index (Phi) is 3.68. The summed E-state index contributed by atoms with van der Waals surface area (Å²) >= 11 is 0. The third-order valence-electron chi connectivity index (χ3n) is 1.03. The van der Waals surface area contributed by atoms with Crippen molar-refractivity contribution in [3.8, 4) is 0 Å². The van der Waals surface area contributed by atoms with E-state index < -0.39 is 18.9 Å². The van der Waals surface area contributed by atoms with Gasteiger partial charge in [0.25, 0.3) is 0 Å². The maximum Gasteiger partial charge on any atom is 0.114 e. The van der Waals surface area contributed by atoms with Gasteiger partial charge in [-0.05, 0) is 0 Å². The Labute approximate surface area is 59.3 Å². The number of rotatable bonds is 3. The van der Waals surface area contributed by atoms with Crippen molar-refractivity contribution in [1.82, 2.24) is 4.90 Å². The first-order chi connectivity index (χ1) is 4.46. The number of nitrogens with two attached hydrogens (primary N) is 6. The molecule has 0 aromatic rings. The molecule has 0 bridgehead atoms. The zero-order chi connectivity index (χ0) is 8.31. The highest BCUT2D eigenvalue weighted by molar-refractivity contribution is 4.65. The number of hydrogen-bond donors (Lipinski definition) is 6. The first kappa shape index (κ1) is 9.72. The Bertz CT molecular complexity index is 69.8. The Morgan fingerprint density at radius 3 is 0.800 bits per heavy atom. The van der Waals surface area contributed by atoms with E-state index >= 15 is 0 Å². The van der Waals surface area contributed by atoms with E-state index in [0.29, 0.717) is 0 Å². The van der Waals surface area contributed by atoms with Gasteiger partial charge in [-0.3, -0.25) is 0 Å². The molecule has 7 nitrogen and oxygen atoms in total. The molecule has 0 spiro atoms. The third-order valence-corrected chi connectivity index (χ3v) is 1.03. The van der Waals surface area contributed by atoms with Crippen LogP contribution in [0, 0.1) is 0 Å². The van der Waals surface area contributed by atoms with Gasteiger partial charge in [-0.2, -0.15) is 0 Å². The fraction of sp³-hybridized carbons (Fsp3) is 1.00. The van der Waals surface area contributed by atoms with Crippen LogP contribution in [0.1, 0.15) is 0 Å². The Balaban J connectivity index is 3.98. The summed E-state index contributed by atoms with van der Waals surface area (Å²) in [5.74, 6) is 0. The highest BCUT2D eigenvalue weighted by Gasteiger charge is 2.18. The Morgan fingerprint density at radius 1 is 0.600 bits per heavy atom. The van der Waals surface area contributed by atoms with Gasteiger partial charge in [0, 0.05) is 0 Å². The van der Waals surface area contributed by atoms with Crippen molar-refractivity contribution >= 4 is 0 Å². The molecule has 12 N–H and O–H groups in total. The van der Waals surface area contributed by atoms with Gasteiger partial charge in [-0.25, -0.2) is 4.90 Å². The van der Waals surface area contributed by atoms with Crippen LogP contribution < -0.4 is 34.4 Å². The first-order valence-electron chi connectivity index (χ1n) is 2.77.